The average Bonchev–Trinajstić information content (AvgIpc) is 2.72. The molecule has 130 valence electrons. The molecule has 1 aromatic heterocycles. The third-order valence-electron chi connectivity index (χ3n) is 4.05. The second-order valence-electron chi connectivity index (χ2n) is 6.30. The maximum absolute atomic E-state index is 12.2. The zero-order chi connectivity index (χ0) is 18.0. The molecule has 1 heterocycles. The van der Waals surface area contributed by atoms with Crippen LogP contribution < -0.4 is 10.1 Å². The van der Waals surface area contributed by atoms with Gasteiger partial charge in [0.25, 0.3) is 5.91 Å². The molecule has 0 fully saturated rings. The number of hydrogen-bond acceptors (Lipinski definition) is 3. The van der Waals surface area contributed by atoms with E-state index in [-0.39, 0.29) is 18.4 Å². The maximum Gasteiger partial charge on any atom is 0.262 e. The first-order valence-electron chi connectivity index (χ1n) is 7.93. The van der Waals surface area contributed by atoms with Crippen molar-refractivity contribution in [2.75, 3.05) is 11.9 Å². The summed E-state index contributed by atoms with van der Waals surface area (Å²) in [6.45, 7) is 9.77. The number of aromatic nitrogens is 2. The van der Waals surface area contributed by atoms with Gasteiger partial charge in [0.05, 0.1) is 17.1 Å². The summed E-state index contributed by atoms with van der Waals surface area (Å²) in [6.07, 6.45) is 0. The van der Waals surface area contributed by atoms with Crippen molar-refractivity contribution in [2.45, 2.75) is 40.5 Å². The highest BCUT2D eigenvalue weighted by molar-refractivity contribution is 6.31. The zero-order valence-electron chi connectivity index (χ0n) is 15.0. The minimum atomic E-state index is -0.213. The predicted octanol–water partition coefficient (Wildman–Crippen LogP) is 4.14. The van der Waals surface area contributed by atoms with Crippen LogP contribution >= 0.6 is 11.6 Å². The van der Waals surface area contributed by atoms with Crippen LogP contribution in [0.2, 0.25) is 5.02 Å². The second kappa shape index (κ2) is 7.26. The van der Waals surface area contributed by atoms with E-state index in [0.717, 1.165) is 33.2 Å². The predicted molar refractivity (Wildman–Crippen MR) is 97.1 cm³/mol. The van der Waals surface area contributed by atoms with Crippen molar-refractivity contribution in [3.8, 4) is 5.75 Å². The molecule has 2 rings (SSSR count). The van der Waals surface area contributed by atoms with Crippen molar-refractivity contribution >= 4 is 23.2 Å². The summed E-state index contributed by atoms with van der Waals surface area (Å²) in [6, 6.07) is 3.79. The Morgan fingerprint density at radius 2 is 2.00 bits per heavy atom. The molecule has 24 heavy (non-hydrogen) atoms. The average molecular weight is 350 g/mol. The molecule has 0 radical (unpaired) electrons. The van der Waals surface area contributed by atoms with Gasteiger partial charge in [-0.1, -0.05) is 25.4 Å². The van der Waals surface area contributed by atoms with E-state index >= 15 is 0 Å². The molecule has 0 aliphatic carbocycles. The molecular weight excluding hydrogens is 326 g/mol. The number of aryl methyl sites for hydroxylation is 3. The summed E-state index contributed by atoms with van der Waals surface area (Å²) in [5.41, 5.74) is 4.35. The quantitative estimate of drug-likeness (QED) is 0.882. The Morgan fingerprint density at radius 3 is 2.54 bits per heavy atom. The summed E-state index contributed by atoms with van der Waals surface area (Å²) >= 11 is 6.26. The van der Waals surface area contributed by atoms with E-state index in [1.165, 1.54) is 0 Å². The summed E-state index contributed by atoms with van der Waals surface area (Å²) in [7, 11) is 1.85. The van der Waals surface area contributed by atoms with Crippen LogP contribution in [0.15, 0.2) is 12.1 Å². The minimum Gasteiger partial charge on any atom is -0.483 e. The Morgan fingerprint density at radius 1 is 1.33 bits per heavy atom. The van der Waals surface area contributed by atoms with Crippen LogP contribution in [0.4, 0.5) is 5.69 Å². The largest absolute Gasteiger partial charge is 0.483 e. The number of rotatable bonds is 5. The fourth-order valence-electron chi connectivity index (χ4n) is 2.54. The maximum atomic E-state index is 12.2. The molecule has 0 bridgehead atoms. The first-order valence-corrected chi connectivity index (χ1v) is 8.31. The first kappa shape index (κ1) is 18.3. The van der Waals surface area contributed by atoms with Crippen LogP contribution in [0.5, 0.6) is 5.75 Å². The van der Waals surface area contributed by atoms with E-state index in [9.17, 15) is 4.79 Å². The Labute approximate surface area is 148 Å². The van der Waals surface area contributed by atoms with Crippen LogP contribution in [0.25, 0.3) is 0 Å². The number of carbonyl (C=O) groups excluding carboxylic acids is 1. The normalized spacial score (nSPS) is 11.0. The molecule has 2 aromatic rings. The van der Waals surface area contributed by atoms with E-state index in [2.05, 4.69) is 24.3 Å². The van der Waals surface area contributed by atoms with E-state index in [0.29, 0.717) is 5.75 Å². The number of ether oxygens (including phenoxy) is 1. The number of carbonyl (C=O) groups is 1. The Balaban J connectivity index is 2.08. The van der Waals surface area contributed by atoms with Gasteiger partial charge in [0, 0.05) is 12.1 Å². The third kappa shape index (κ3) is 3.90. The van der Waals surface area contributed by atoms with Crippen molar-refractivity contribution in [1.82, 2.24) is 9.78 Å². The lowest BCUT2D eigenvalue weighted by molar-refractivity contribution is -0.118. The van der Waals surface area contributed by atoms with Gasteiger partial charge < -0.3 is 10.1 Å². The van der Waals surface area contributed by atoms with Crippen LogP contribution in [-0.4, -0.2) is 22.3 Å². The van der Waals surface area contributed by atoms with E-state index in [1.807, 2.05) is 40.0 Å². The van der Waals surface area contributed by atoms with Crippen LogP contribution in [0.1, 0.15) is 42.3 Å². The molecule has 6 heteroatoms. The van der Waals surface area contributed by atoms with Crippen molar-refractivity contribution in [1.29, 1.82) is 0 Å². The van der Waals surface area contributed by atoms with Gasteiger partial charge in [-0.2, -0.15) is 5.10 Å². The highest BCUT2D eigenvalue weighted by atomic mass is 35.5. The third-order valence-corrected chi connectivity index (χ3v) is 4.38. The fraction of sp³-hybridized carbons (Fsp3) is 0.444. The van der Waals surface area contributed by atoms with Gasteiger partial charge in [-0.3, -0.25) is 9.48 Å². The summed E-state index contributed by atoms with van der Waals surface area (Å²) in [5.74, 6) is 0.752. The highest BCUT2D eigenvalue weighted by Crippen LogP contribution is 2.31. The van der Waals surface area contributed by atoms with Gasteiger partial charge in [0.1, 0.15) is 5.75 Å². The monoisotopic (exact) mass is 349 g/mol. The van der Waals surface area contributed by atoms with Gasteiger partial charge >= 0.3 is 0 Å². The second-order valence-corrected chi connectivity index (χ2v) is 6.71. The number of amides is 1. The van der Waals surface area contributed by atoms with Gasteiger partial charge in [-0.15, -0.1) is 0 Å². The van der Waals surface area contributed by atoms with Crippen molar-refractivity contribution in [3.05, 3.63) is 39.7 Å². The van der Waals surface area contributed by atoms with Crippen LogP contribution in [0, 0.1) is 20.8 Å². The molecule has 0 aliphatic heterocycles. The van der Waals surface area contributed by atoms with Crippen molar-refractivity contribution < 1.29 is 9.53 Å². The number of anilines is 1. The van der Waals surface area contributed by atoms with Gasteiger partial charge in [0.2, 0.25) is 0 Å². The van der Waals surface area contributed by atoms with Gasteiger partial charge in [-0.05, 0) is 49.9 Å². The Kier molecular flexibility index (Phi) is 5.54. The molecule has 1 aromatic carbocycles. The lowest BCUT2D eigenvalue weighted by Crippen LogP contribution is -2.21. The van der Waals surface area contributed by atoms with Gasteiger partial charge in [-0.25, -0.2) is 0 Å². The summed E-state index contributed by atoms with van der Waals surface area (Å²) < 4.78 is 7.45. The van der Waals surface area contributed by atoms with Crippen LogP contribution in [-0.2, 0) is 11.8 Å². The molecule has 0 saturated carbocycles. The number of halogens is 1. The number of nitrogens with one attached hydrogen (secondary N) is 1. The molecule has 0 aliphatic rings. The summed E-state index contributed by atoms with van der Waals surface area (Å²) in [4.78, 5) is 12.2. The highest BCUT2D eigenvalue weighted by Gasteiger charge is 2.14. The molecule has 0 spiro atoms. The fourth-order valence-corrected chi connectivity index (χ4v) is 2.98. The number of nitrogens with zero attached hydrogens (tertiary/aromatic N) is 2. The summed E-state index contributed by atoms with van der Waals surface area (Å²) in [5, 5.41) is 7.87. The molecule has 1 amide bonds. The molecule has 0 unspecified atom stereocenters. The lowest BCUT2D eigenvalue weighted by Gasteiger charge is -2.14. The molecule has 0 saturated heterocycles. The minimum absolute atomic E-state index is 0.0617. The Hall–Kier alpha value is -2.01. The van der Waals surface area contributed by atoms with Crippen LogP contribution in [0.3, 0.4) is 0 Å². The molecule has 1 N–H and O–H groups in total. The zero-order valence-corrected chi connectivity index (χ0v) is 15.8. The molecule has 0 atom stereocenters. The van der Waals surface area contributed by atoms with E-state index < -0.39 is 0 Å². The Bertz CT molecular complexity index is 766. The molecule has 5 nitrogen and oxygen atoms in total. The first-order chi connectivity index (χ1) is 11.2. The standard InChI is InChI=1S/C18H24ClN3O2/c1-10(2)14-8-16(11(3)7-15(14)19)24-9-17(23)20-18-12(4)21-22(6)13(18)5/h7-8,10H,9H2,1-6H3,(H,20,23). The van der Waals surface area contributed by atoms with Crippen molar-refractivity contribution in [2.24, 2.45) is 7.05 Å². The molecular formula is C18H24ClN3O2. The number of hydrogen-bond donors (Lipinski definition) is 1. The van der Waals surface area contributed by atoms with Crippen molar-refractivity contribution in [3.63, 3.8) is 0 Å². The SMILES string of the molecule is Cc1cc(Cl)c(C(C)C)cc1OCC(=O)Nc1c(C)nn(C)c1C. The lowest BCUT2D eigenvalue weighted by atomic mass is 10.0. The topological polar surface area (TPSA) is 56.1 Å². The smallest absolute Gasteiger partial charge is 0.262 e. The van der Waals surface area contributed by atoms with Gasteiger partial charge in [0.15, 0.2) is 6.61 Å². The number of benzene rings is 1. The van der Waals surface area contributed by atoms with E-state index in [1.54, 1.807) is 4.68 Å². The van der Waals surface area contributed by atoms with E-state index in [4.69, 9.17) is 16.3 Å².